The van der Waals surface area contributed by atoms with Gasteiger partial charge in [0.05, 0.1) is 10.8 Å². The lowest BCUT2D eigenvalue weighted by Gasteiger charge is -2.29. The summed E-state index contributed by atoms with van der Waals surface area (Å²) in [5, 5.41) is 9.30. The van der Waals surface area contributed by atoms with Crippen LogP contribution in [0.25, 0.3) is 0 Å². The van der Waals surface area contributed by atoms with Crippen LogP contribution in [0.15, 0.2) is 59.5 Å². The lowest BCUT2D eigenvalue weighted by Crippen LogP contribution is -2.44. The highest BCUT2D eigenvalue weighted by molar-refractivity contribution is 7.89. The van der Waals surface area contributed by atoms with Gasteiger partial charge in [-0.25, -0.2) is 13.1 Å². The molecule has 0 radical (unpaired) electrons. The number of hydrogen-bond acceptors (Lipinski definition) is 4. The van der Waals surface area contributed by atoms with Crippen molar-refractivity contribution in [1.29, 1.82) is 0 Å². The normalized spacial score (nSPS) is 20.5. The molecule has 1 aliphatic rings. The van der Waals surface area contributed by atoms with E-state index in [2.05, 4.69) is 4.72 Å². The quantitative estimate of drug-likeness (QED) is 0.807. The van der Waals surface area contributed by atoms with Gasteiger partial charge in [-0.15, -0.1) is 0 Å². The molecule has 0 bridgehead atoms. The molecule has 0 aromatic heterocycles. The third-order valence-electron chi connectivity index (χ3n) is 4.50. The summed E-state index contributed by atoms with van der Waals surface area (Å²) in [6.07, 6.45) is 2.65. The highest BCUT2D eigenvalue weighted by atomic mass is 32.2. The van der Waals surface area contributed by atoms with Gasteiger partial charge in [-0.05, 0) is 49.2 Å². The largest absolute Gasteiger partial charge is 0.481 e. The molecule has 0 aliphatic heterocycles. The van der Waals surface area contributed by atoms with Gasteiger partial charge in [0.2, 0.25) is 10.0 Å². The van der Waals surface area contributed by atoms with Crippen LogP contribution in [-0.4, -0.2) is 25.5 Å². The number of rotatable bonds is 6. The Kier molecular flexibility index (Phi) is 5.58. The molecule has 1 fully saturated rings. The molecular formula is C19H21NO5S. The molecule has 0 spiro atoms. The van der Waals surface area contributed by atoms with Crippen LogP contribution in [0.1, 0.15) is 25.7 Å². The van der Waals surface area contributed by atoms with E-state index in [1.54, 1.807) is 24.3 Å². The lowest BCUT2D eigenvalue weighted by atomic mass is 9.85. The van der Waals surface area contributed by atoms with Gasteiger partial charge in [-0.3, -0.25) is 4.79 Å². The Morgan fingerprint density at radius 3 is 2.23 bits per heavy atom. The first-order valence-corrected chi connectivity index (χ1v) is 10.0. The van der Waals surface area contributed by atoms with Crippen molar-refractivity contribution in [1.82, 2.24) is 4.72 Å². The van der Waals surface area contributed by atoms with E-state index in [1.165, 1.54) is 12.1 Å². The molecule has 0 amide bonds. The first-order valence-electron chi connectivity index (χ1n) is 8.54. The van der Waals surface area contributed by atoms with Crippen molar-refractivity contribution in [2.24, 2.45) is 5.92 Å². The fraction of sp³-hybridized carbons (Fsp3) is 0.316. The van der Waals surface area contributed by atoms with E-state index >= 15 is 0 Å². The second-order valence-electron chi connectivity index (χ2n) is 6.34. The number of sulfonamides is 1. The predicted octanol–water partition coefficient (Wildman–Crippen LogP) is 3.40. The fourth-order valence-corrected chi connectivity index (χ4v) is 4.46. The number of para-hydroxylation sites is 1. The van der Waals surface area contributed by atoms with Crippen LogP contribution in [0.5, 0.6) is 11.5 Å². The molecule has 2 N–H and O–H groups in total. The molecule has 6 nitrogen and oxygen atoms in total. The van der Waals surface area contributed by atoms with Gasteiger partial charge >= 0.3 is 5.97 Å². The number of benzene rings is 2. The second-order valence-corrected chi connectivity index (χ2v) is 8.06. The van der Waals surface area contributed by atoms with Crippen molar-refractivity contribution in [2.45, 2.75) is 36.6 Å². The summed E-state index contributed by atoms with van der Waals surface area (Å²) >= 11 is 0. The van der Waals surface area contributed by atoms with Gasteiger partial charge in [-0.2, -0.15) is 0 Å². The van der Waals surface area contributed by atoms with Crippen LogP contribution in [0, 0.1) is 5.92 Å². The number of nitrogens with one attached hydrogen (secondary N) is 1. The maximum Gasteiger partial charge on any atom is 0.308 e. The van der Waals surface area contributed by atoms with Crippen LogP contribution in [-0.2, 0) is 14.8 Å². The van der Waals surface area contributed by atoms with Gasteiger partial charge in [0.1, 0.15) is 11.5 Å². The summed E-state index contributed by atoms with van der Waals surface area (Å²) in [6.45, 7) is 0. The van der Waals surface area contributed by atoms with E-state index < -0.39 is 28.0 Å². The van der Waals surface area contributed by atoms with Crippen molar-refractivity contribution in [3.8, 4) is 11.5 Å². The van der Waals surface area contributed by atoms with Crippen LogP contribution >= 0.6 is 0 Å². The summed E-state index contributed by atoms with van der Waals surface area (Å²) in [5.41, 5.74) is 0. The summed E-state index contributed by atoms with van der Waals surface area (Å²) < 4.78 is 33.4. The maximum absolute atomic E-state index is 12.6. The average molecular weight is 375 g/mol. The minimum atomic E-state index is -3.78. The second kappa shape index (κ2) is 7.88. The molecule has 2 aromatic rings. The minimum Gasteiger partial charge on any atom is -0.481 e. The van der Waals surface area contributed by atoms with Crippen molar-refractivity contribution < 1.29 is 23.1 Å². The molecule has 1 aliphatic carbocycles. The molecular weight excluding hydrogens is 354 g/mol. The van der Waals surface area contributed by atoms with Gasteiger partial charge in [0.25, 0.3) is 0 Å². The fourth-order valence-electron chi connectivity index (χ4n) is 3.15. The van der Waals surface area contributed by atoms with Crippen molar-refractivity contribution in [2.75, 3.05) is 0 Å². The Morgan fingerprint density at radius 1 is 0.962 bits per heavy atom. The summed E-state index contributed by atoms with van der Waals surface area (Å²) in [4.78, 5) is 11.4. The van der Waals surface area contributed by atoms with E-state index in [0.29, 0.717) is 24.3 Å². The monoisotopic (exact) mass is 375 g/mol. The van der Waals surface area contributed by atoms with Gasteiger partial charge < -0.3 is 9.84 Å². The standard InChI is InChI=1S/C19H21NO5S/c21-19(22)17-8-4-5-9-18(17)20-26(23,24)16-12-10-15(11-13-16)25-14-6-2-1-3-7-14/h1-3,6-7,10-13,17-18,20H,4-5,8-9H2,(H,21,22)/t17-,18-/m1/s1. The number of carboxylic acids is 1. The highest BCUT2D eigenvalue weighted by Gasteiger charge is 2.33. The number of carboxylic acid groups (broad SMARTS) is 1. The zero-order valence-electron chi connectivity index (χ0n) is 14.2. The molecule has 3 rings (SSSR count). The van der Waals surface area contributed by atoms with Gasteiger partial charge in [0.15, 0.2) is 0 Å². The topological polar surface area (TPSA) is 92.7 Å². The summed E-state index contributed by atoms with van der Waals surface area (Å²) in [7, 11) is -3.78. The van der Waals surface area contributed by atoms with Crippen molar-refractivity contribution in [3.05, 3.63) is 54.6 Å². The maximum atomic E-state index is 12.6. The number of hydrogen-bond donors (Lipinski definition) is 2. The molecule has 0 saturated heterocycles. The van der Waals surface area contributed by atoms with Crippen LogP contribution in [0.2, 0.25) is 0 Å². The van der Waals surface area contributed by atoms with Crippen LogP contribution in [0.4, 0.5) is 0 Å². The summed E-state index contributed by atoms with van der Waals surface area (Å²) in [5.74, 6) is -0.452. The predicted molar refractivity (Wildman–Crippen MR) is 96.7 cm³/mol. The molecule has 26 heavy (non-hydrogen) atoms. The molecule has 2 aromatic carbocycles. The zero-order chi connectivity index (χ0) is 18.6. The third kappa shape index (κ3) is 4.42. The van der Waals surface area contributed by atoms with Crippen molar-refractivity contribution >= 4 is 16.0 Å². The molecule has 1 saturated carbocycles. The zero-order valence-corrected chi connectivity index (χ0v) is 15.0. The smallest absolute Gasteiger partial charge is 0.308 e. The lowest BCUT2D eigenvalue weighted by molar-refractivity contribution is -0.143. The van der Waals surface area contributed by atoms with E-state index in [-0.39, 0.29) is 4.90 Å². The average Bonchev–Trinajstić information content (AvgIpc) is 2.63. The Labute approximate surface area is 152 Å². The third-order valence-corrected chi connectivity index (χ3v) is 6.01. The molecule has 0 heterocycles. The SMILES string of the molecule is O=C(O)[C@@H]1CCCC[C@H]1NS(=O)(=O)c1ccc(Oc2ccccc2)cc1. The first kappa shape index (κ1) is 18.4. The number of ether oxygens (including phenoxy) is 1. The molecule has 0 unspecified atom stereocenters. The molecule has 138 valence electrons. The minimum absolute atomic E-state index is 0.0904. The Bertz CT molecular complexity index is 849. The van der Waals surface area contributed by atoms with Gasteiger partial charge in [-0.1, -0.05) is 31.0 Å². The van der Waals surface area contributed by atoms with E-state index in [0.717, 1.165) is 12.8 Å². The summed E-state index contributed by atoms with van der Waals surface area (Å²) in [6, 6.07) is 14.7. The van der Waals surface area contributed by atoms with Gasteiger partial charge in [0, 0.05) is 6.04 Å². The first-order chi connectivity index (χ1) is 12.5. The van der Waals surface area contributed by atoms with Crippen molar-refractivity contribution in [3.63, 3.8) is 0 Å². The Morgan fingerprint density at radius 2 is 1.58 bits per heavy atom. The molecule has 2 atom stereocenters. The van der Waals surface area contributed by atoms with E-state index in [1.807, 2.05) is 18.2 Å². The van der Waals surface area contributed by atoms with Crippen LogP contribution < -0.4 is 9.46 Å². The highest BCUT2D eigenvalue weighted by Crippen LogP contribution is 2.27. The number of carbonyl (C=O) groups is 1. The Hall–Kier alpha value is -2.38. The van der Waals surface area contributed by atoms with Crippen LogP contribution in [0.3, 0.4) is 0 Å². The Balaban J connectivity index is 1.72. The molecule has 7 heteroatoms. The van der Waals surface area contributed by atoms with E-state index in [4.69, 9.17) is 4.74 Å². The van der Waals surface area contributed by atoms with E-state index in [9.17, 15) is 18.3 Å². The number of aliphatic carboxylic acids is 1.